The molecular weight excluding hydrogens is 100 g/mol. The summed E-state index contributed by atoms with van der Waals surface area (Å²) in [7, 11) is 0. The van der Waals surface area contributed by atoms with Crippen molar-refractivity contribution in [3.63, 3.8) is 0 Å². The Hall–Kier alpha value is -0.640. The lowest BCUT2D eigenvalue weighted by molar-refractivity contribution is 0.589. The average Bonchev–Trinajstić information content (AvgIpc) is 1.86. The van der Waals surface area contributed by atoms with Crippen molar-refractivity contribution in [2.24, 2.45) is 5.10 Å². The number of nitrogens with zero attached hydrogens (tertiary/aromatic N) is 2. The molecule has 31 valence electrons. The normalized spacial score (nSPS) is 17.0. The van der Waals surface area contributed by atoms with Crippen LogP contribution in [0.25, 0.3) is 0 Å². The third kappa shape index (κ3) is 0.463. The molecule has 0 aromatic carbocycles. The minimum Gasteiger partial charge on any atom is -0.415 e. The van der Waals surface area contributed by atoms with E-state index < -0.39 is 0 Å². The second-order valence-corrected chi connectivity index (χ2v) is 1.05. The summed E-state index contributed by atoms with van der Waals surface area (Å²) in [6.07, 6.45) is 1.20. The lowest BCUT2D eigenvalue weighted by Crippen LogP contribution is -1.99. The summed E-state index contributed by atoms with van der Waals surface area (Å²) in [5.41, 5.74) is 3.31. The first-order valence-electron chi connectivity index (χ1n) is 1.33. The van der Waals surface area contributed by atoms with Crippen LogP contribution in [0.1, 0.15) is 0 Å². The van der Waals surface area contributed by atoms with Gasteiger partial charge in [-0.25, -0.2) is 0 Å². The van der Waals surface area contributed by atoms with Crippen LogP contribution < -0.4 is 5.43 Å². The van der Waals surface area contributed by atoms with Gasteiger partial charge in [0.2, 0.25) is 6.40 Å². The van der Waals surface area contributed by atoms with Gasteiger partial charge in [0, 0.05) is 0 Å². The summed E-state index contributed by atoms with van der Waals surface area (Å²) >= 11 is 4.41. The second kappa shape index (κ2) is 1.22. The van der Waals surface area contributed by atoms with E-state index in [0.717, 1.165) is 0 Å². The third-order valence-corrected chi connectivity index (χ3v) is 0.518. The van der Waals surface area contributed by atoms with Gasteiger partial charge in [-0.15, -0.1) is 5.10 Å². The number of rotatable bonds is 0. The highest BCUT2D eigenvalue weighted by atomic mass is 32.1. The van der Waals surface area contributed by atoms with Crippen LogP contribution in [0.2, 0.25) is 0 Å². The summed E-state index contributed by atoms with van der Waals surface area (Å²) in [5.74, 6) is 0. The topological polar surface area (TPSA) is 35.7 Å². The van der Waals surface area contributed by atoms with Crippen LogP contribution >= 0.6 is 12.2 Å². The van der Waals surface area contributed by atoms with Crippen molar-refractivity contribution in [1.82, 2.24) is 5.43 Å². The van der Waals surface area contributed by atoms with Gasteiger partial charge in [-0.2, -0.15) is 0 Å². The van der Waals surface area contributed by atoms with Crippen molar-refractivity contribution in [2.45, 2.75) is 0 Å². The van der Waals surface area contributed by atoms with Crippen LogP contribution in [-0.4, -0.2) is 11.6 Å². The van der Waals surface area contributed by atoms with E-state index in [-0.39, 0.29) is 5.17 Å². The fourth-order valence-corrected chi connectivity index (χ4v) is 0.253. The lowest BCUT2D eigenvalue weighted by atomic mass is 11.3. The molecule has 0 spiro atoms. The zero-order chi connectivity index (χ0) is 4.41. The molecule has 0 saturated heterocycles. The summed E-state index contributed by atoms with van der Waals surface area (Å²) in [6.45, 7) is 0. The maximum absolute atomic E-state index is 4.43. The van der Waals surface area contributed by atoms with Crippen LogP contribution in [0.4, 0.5) is 0 Å². The maximum Gasteiger partial charge on any atom is 0.309 e. The molecule has 1 aliphatic heterocycles. The van der Waals surface area contributed by atoms with Gasteiger partial charge in [0.1, 0.15) is 0 Å². The van der Waals surface area contributed by atoms with E-state index >= 15 is 0 Å². The van der Waals surface area contributed by atoms with E-state index in [4.69, 9.17) is 0 Å². The first-order chi connectivity index (χ1) is 2.89. The van der Waals surface area contributed by atoms with E-state index in [1.54, 1.807) is 0 Å². The van der Waals surface area contributed by atoms with Crippen molar-refractivity contribution in [2.75, 3.05) is 0 Å². The van der Waals surface area contributed by atoms with Gasteiger partial charge in [-0.1, -0.05) is 5.43 Å². The van der Waals surface area contributed by atoms with Crippen LogP contribution in [0, 0.1) is 0 Å². The molecule has 0 amide bonds. The van der Waals surface area contributed by atoms with Crippen LogP contribution in [-0.2, 0) is 4.74 Å². The Kier molecular flexibility index (Phi) is 0.719. The van der Waals surface area contributed by atoms with Gasteiger partial charge in [-0.05, 0) is 12.2 Å². The Bertz CT molecular complexity index is 89.7. The van der Waals surface area contributed by atoms with Crippen molar-refractivity contribution in [1.29, 1.82) is 0 Å². The molecule has 1 rings (SSSR count). The van der Waals surface area contributed by atoms with Gasteiger partial charge in [-0.3, -0.25) is 0 Å². The molecule has 0 saturated carbocycles. The van der Waals surface area contributed by atoms with E-state index in [2.05, 4.69) is 27.5 Å². The van der Waals surface area contributed by atoms with Crippen LogP contribution in [0.15, 0.2) is 5.10 Å². The molecule has 6 heavy (non-hydrogen) atoms. The molecule has 1 heterocycles. The highest BCUT2D eigenvalue weighted by molar-refractivity contribution is 7.80. The molecule has 4 heteroatoms. The zero-order valence-corrected chi connectivity index (χ0v) is 3.60. The standard InChI is InChI=1S/C2HN2OS/c6-2-4-3-1-5-2/h1H. The molecule has 1 radical (unpaired) electrons. The first-order valence-corrected chi connectivity index (χ1v) is 1.73. The van der Waals surface area contributed by atoms with Gasteiger partial charge in [0.15, 0.2) is 0 Å². The van der Waals surface area contributed by atoms with E-state index in [1.165, 1.54) is 6.40 Å². The molecule has 0 bridgehead atoms. The lowest BCUT2D eigenvalue weighted by Gasteiger charge is -1.78. The van der Waals surface area contributed by atoms with Crippen molar-refractivity contribution in [3.8, 4) is 0 Å². The van der Waals surface area contributed by atoms with Gasteiger partial charge in [0.25, 0.3) is 0 Å². The van der Waals surface area contributed by atoms with Crippen molar-refractivity contribution < 1.29 is 4.74 Å². The predicted octanol–water partition coefficient (Wildman–Crippen LogP) is -0.151. The quantitative estimate of drug-likeness (QED) is 0.398. The van der Waals surface area contributed by atoms with Gasteiger partial charge >= 0.3 is 5.17 Å². The van der Waals surface area contributed by atoms with Gasteiger partial charge < -0.3 is 4.74 Å². The fourth-order valence-electron chi connectivity index (χ4n) is 0.163. The summed E-state index contributed by atoms with van der Waals surface area (Å²) in [5, 5.41) is 3.49. The SMILES string of the molecule is S=C1[N]N=CO1. The Morgan fingerprint density at radius 3 is 2.83 bits per heavy atom. The summed E-state index contributed by atoms with van der Waals surface area (Å²) < 4.78 is 4.43. The first kappa shape index (κ1) is 3.55. The smallest absolute Gasteiger partial charge is 0.309 e. The Morgan fingerprint density at radius 1 is 1.83 bits per heavy atom. The number of ether oxygens (including phenoxy) is 1. The van der Waals surface area contributed by atoms with Crippen LogP contribution in [0.5, 0.6) is 0 Å². The van der Waals surface area contributed by atoms with Crippen molar-refractivity contribution >= 4 is 23.8 Å². The molecule has 3 nitrogen and oxygen atoms in total. The third-order valence-electron chi connectivity index (χ3n) is 0.340. The number of hydrogen-bond donors (Lipinski definition) is 0. The molecule has 0 aromatic heterocycles. The van der Waals surface area contributed by atoms with Crippen LogP contribution in [0.3, 0.4) is 0 Å². The minimum absolute atomic E-state index is 0.190. The Labute approximate surface area is 40.0 Å². The molecule has 0 aliphatic carbocycles. The second-order valence-electron chi connectivity index (χ2n) is 0.705. The summed E-state index contributed by atoms with van der Waals surface area (Å²) in [4.78, 5) is 0. The monoisotopic (exact) mass is 101 g/mol. The zero-order valence-electron chi connectivity index (χ0n) is 2.79. The molecule has 0 unspecified atom stereocenters. The van der Waals surface area contributed by atoms with Crippen molar-refractivity contribution in [3.05, 3.63) is 0 Å². The minimum atomic E-state index is 0.190. The van der Waals surface area contributed by atoms with E-state index in [1.807, 2.05) is 0 Å². The maximum atomic E-state index is 4.43. The molecule has 0 N–H and O–H groups in total. The molecule has 0 fully saturated rings. The average molecular weight is 101 g/mol. The highest BCUT2D eigenvalue weighted by Gasteiger charge is 1.98. The Balaban J connectivity index is 2.52. The summed E-state index contributed by atoms with van der Waals surface area (Å²) in [6, 6.07) is 0. The van der Waals surface area contributed by atoms with Gasteiger partial charge in [0.05, 0.1) is 0 Å². The van der Waals surface area contributed by atoms with E-state index in [0.29, 0.717) is 0 Å². The predicted molar refractivity (Wildman–Crippen MR) is 24.3 cm³/mol. The number of thiocarbonyl (C=S) groups is 1. The fraction of sp³-hybridized carbons (Fsp3) is 0. The number of hydrogen-bond acceptors (Lipinski definition) is 3. The molecule has 0 aromatic rings. The highest BCUT2D eigenvalue weighted by Crippen LogP contribution is 1.82. The van der Waals surface area contributed by atoms with E-state index in [9.17, 15) is 0 Å². The molecule has 1 aliphatic rings. The molecular formula is C2HN2OS. The Morgan fingerprint density at radius 2 is 2.67 bits per heavy atom. The molecule has 0 atom stereocenters. The largest absolute Gasteiger partial charge is 0.415 e.